The minimum atomic E-state index is -0.381. The van der Waals surface area contributed by atoms with Crippen LogP contribution >= 0.6 is 0 Å². The molecule has 0 radical (unpaired) electrons. The first-order chi connectivity index (χ1) is 7.44. The van der Waals surface area contributed by atoms with Crippen molar-refractivity contribution in [2.45, 2.75) is 25.5 Å². The van der Waals surface area contributed by atoms with Crippen LogP contribution in [0, 0.1) is 0 Å². The Balaban J connectivity index is 2.33. The maximum absolute atomic E-state index is 11.7. The number of rotatable bonds is 4. The molecule has 0 saturated carbocycles. The smallest absolute Gasteiger partial charge is 0.239 e. The summed E-state index contributed by atoms with van der Waals surface area (Å²) < 4.78 is 5.19. The molecule has 6 nitrogen and oxygen atoms in total. The van der Waals surface area contributed by atoms with E-state index in [0.717, 1.165) is 0 Å². The first kappa shape index (κ1) is 12.9. The quantitative estimate of drug-likeness (QED) is 0.555. The van der Waals surface area contributed by atoms with Crippen LogP contribution in [0.15, 0.2) is 0 Å². The molecule has 1 saturated heterocycles. The fraction of sp³-hybridized carbons (Fsp3) is 0.800. The van der Waals surface area contributed by atoms with Gasteiger partial charge in [0, 0.05) is 20.2 Å². The van der Waals surface area contributed by atoms with Crippen LogP contribution in [0.4, 0.5) is 0 Å². The average Bonchev–Trinajstić information content (AvgIpc) is 2.27. The van der Waals surface area contributed by atoms with E-state index in [1.165, 1.54) is 0 Å². The van der Waals surface area contributed by atoms with Gasteiger partial charge in [-0.25, -0.2) is 0 Å². The summed E-state index contributed by atoms with van der Waals surface area (Å²) in [6.07, 6.45) is 0. The van der Waals surface area contributed by atoms with E-state index >= 15 is 0 Å². The Kier molecular flexibility index (Phi) is 4.26. The molecule has 1 heterocycles. The summed E-state index contributed by atoms with van der Waals surface area (Å²) in [5, 5.41) is 8.27. The lowest BCUT2D eigenvalue weighted by atomic mass is 10.1. The van der Waals surface area contributed by atoms with Crippen LogP contribution in [0.25, 0.3) is 0 Å². The molecule has 6 heteroatoms. The molecule has 0 spiro atoms. The summed E-state index contributed by atoms with van der Waals surface area (Å²) >= 11 is 0. The van der Waals surface area contributed by atoms with E-state index in [4.69, 9.17) is 4.74 Å². The molecule has 1 aliphatic heterocycles. The van der Waals surface area contributed by atoms with Crippen molar-refractivity contribution in [3.8, 4) is 0 Å². The molecule has 3 N–H and O–H groups in total. The van der Waals surface area contributed by atoms with Crippen LogP contribution in [-0.2, 0) is 14.3 Å². The molecule has 0 bridgehead atoms. The molecular weight excluding hydrogens is 210 g/mol. The first-order valence-corrected chi connectivity index (χ1v) is 5.27. The van der Waals surface area contributed by atoms with Crippen LogP contribution in [0.2, 0.25) is 0 Å². The second kappa shape index (κ2) is 5.27. The third-order valence-corrected chi connectivity index (χ3v) is 2.57. The number of hydrogen-bond acceptors (Lipinski definition) is 4. The predicted octanol–water partition coefficient (Wildman–Crippen LogP) is -1.38. The summed E-state index contributed by atoms with van der Waals surface area (Å²) in [4.78, 5) is 22.6. The highest BCUT2D eigenvalue weighted by atomic mass is 16.5. The highest BCUT2D eigenvalue weighted by Crippen LogP contribution is 2.04. The molecule has 1 rings (SSSR count). The number of amides is 2. The largest absolute Gasteiger partial charge is 0.377 e. The van der Waals surface area contributed by atoms with Gasteiger partial charge >= 0.3 is 0 Å². The van der Waals surface area contributed by atoms with Crippen LogP contribution in [0.5, 0.6) is 0 Å². The van der Waals surface area contributed by atoms with Crippen molar-refractivity contribution in [2.24, 2.45) is 0 Å². The molecule has 1 fully saturated rings. The third-order valence-electron chi connectivity index (χ3n) is 2.57. The molecule has 1 aliphatic rings. The fourth-order valence-electron chi connectivity index (χ4n) is 1.25. The summed E-state index contributed by atoms with van der Waals surface area (Å²) in [5.74, 6) is -0.202. The van der Waals surface area contributed by atoms with Gasteiger partial charge in [0.15, 0.2) is 0 Å². The van der Waals surface area contributed by atoms with Crippen molar-refractivity contribution in [3.05, 3.63) is 0 Å². The van der Waals surface area contributed by atoms with Crippen molar-refractivity contribution in [2.75, 3.05) is 26.7 Å². The van der Waals surface area contributed by atoms with E-state index in [2.05, 4.69) is 16.0 Å². The Morgan fingerprint density at radius 1 is 1.62 bits per heavy atom. The van der Waals surface area contributed by atoms with Gasteiger partial charge in [-0.2, -0.15) is 0 Å². The van der Waals surface area contributed by atoms with E-state index in [0.29, 0.717) is 13.1 Å². The number of carbonyl (C=O) groups is 2. The maximum atomic E-state index is 11.7. The normalized spacial score (nSPS) is 21.4. The molecule has 0 aromatic carbocycles. The molecule has 92 valence electrons. The molecule has 2 amide bonds. The number of methoxy groups -OCH3 is 1. The van der Waals surface area contributed by atoms with Crippen molar-refractivity contribution < 1.29 is 14.3 Å². The van der Waals surface area contributed by atoms with Gasteiger partial charge in [-0.15, -0.1) is 0 Å². The van der Waals surface area contributed by atoms with Crippen molar-refractivity contribution in [1.29, 1.82) is 0 Å². The van der Waals surface area contributed by atoms with E-state index in [1.54, 1.807) is 7.11 Å². The van der Waals surface area contributed by atoms with Gasteiger partial charge in [-0.3, -0.25) is 14.9 Å². The van der Waals surface area contributed by atoms with Crippen molar-refractivity contribution in [1.82, 2.24) is 16.0 Å². The minimum Gasteiger partial charge on any atom is -0.377 e. The van der Waals surface area contributed by atoms with E-state index in [9.17, 15) is 9.59 Å². The zero-order valence-electron chi connectivity index (χ0n) is 9.92. The van der Waals surface area contributed by atoms with Gasteiger partial charge in [0.25, 0.3) is 0 Å². The monoisotopic (exact) mass is 229 g/mol. The SMILES string of the molecule is COC(C)(C)CNC(=O)C1CNC(=O)CN1. The summed E-state index contributed by atoms with van der Waals surface area (Å²) in [6.45, 7) is 4.74. The van der Waals surface area contributed by atoms with Gasteiger partial charge in [-0.1, -0.05) is 0 Å². The third kappa shape index (κ3) is 3.79. The van der Waals surface area contributed by atoms with Crippen molar-refractivity contribution >= 4 is 11.8 Å². The van der Waals surface area contributed by atoms with E-state index in [-0.39, 0.29) is 30.0 Å². The van der Waals surface area contributed by atoms with E-state index < -0.39 is 0 Å². The number of nitrogens with one attached hydrogen (secondary N) is 3. The Morgan fingerprint density at radius 3 is 2.81 bits per heavy atom. The van der Waals surface area contributed by atoms with Crippen LogP contribution < -0.4 is 16.0 Å². The summed E-state index contributed by atoms with van der Waals surface area (Å²) in [6, 6.07) is -0.356. The molecule has 0 aromatic heterocycles. The van der Waals surface area contributed by atoms with Gasteiger partial charge in [0.05, 0.1) is 12.1 Å². The van der Waals surface area contributed by atoms with Gasteiger partial charge in [0.1, 0.15) is 6.04 Å². The zero-order valence-corrected chi connectivity index (χ0v) is 9.92. The number of carbonyl (C=O) groups excluding carboxylic acids is 2. The second-order valence-corrected chi connectivity index (χ2v) is 4.42. The van der Waals surface area contributed by atoms with E-state index in [1.807, 2.05) is 13.8 Å². The van der Waals surface area contributed by atoms with Crippen LogP contribution in [0.3, 0.4) is 0 Å². The summed E-state index contributed by atoms with van der Waals surface area (Å²) in [7, 11) is 1.60. The van der Waals surface area contributed by atoms with Gasteiger partial charge in [-0.05, 0) is 13.8 Å². The number of hydrogen-bond donors (Lipinski definition) is 3. The Bertz CT molecular complexity index is 268. The molecule has 0 aromatic rings. The second-order valence-electron chi connectivity index (χ2n) is 4.42. The molecule has 1 atom stereocenters. The zero-order chi connectivity index (χ0) is 12.2. The molecule has 0 aliphatic carbocycles. The lowest BCUT2D eigenvalue weighted by Gasteiger charge is -2.27. The highest BCUT2D eigenvalue weighted by Gasteiger charge is 2.25. The average molecular weight is 229 g/mol. The number of ether oxygens (including phenoxy) is 1. The molecule has 1 unspecified atom stereocenters. The number of piperazine rings is 1. The highest BCUT2D eigenvalue weighted by molar-refractivity contribution is 5.86. The molecule has 16 heavy (non-hydrogen) atoms. The maximum Gasteiger partial charge on any atom is 0.239 e. The molecular formula is C10H19N3O3. The fourth-order valence-corrected chi connectivity index (χ4v) is 1.25. The van der Waals surface area contributed by atoms with Crippen LogP contribution in [0.1, 0.15) is 13.8 Å². The Hall–Kier alpha value is -1.14. The Labute approximate surface area is 95.1 Å². The predicted molar refractivity (Wildman–Crippen MR) is 58.9 cm³/mol. The standard InChI is InChI=1S/C10H19N3O3/c1-10(2,16-3)6-13-9(15)7-4-12-8(14)5-11-7/h7,11H,4-6H2,1-3H3,(H,12,14)(H,13,15). The lowest BCUT2D eigenvalue weighted by molar-refractivity contribution is -0.127. The topological polar surface area (TPSA) is 79.5 Å². The lowest BCUT2D eigenvalue weighted by Crippen LogP contribution is -2.59. The van der Waals surface area contributed by atoms with Crippen LogP contribution in [-0.4, -0.2) is 50.2 Å². The minimum absolute atomic E-state index is 0.0822. The summed E-state index contributed by atoms with van der Waals surface area (Å²) in [5.41, 5.74) is -0.381. The first-order valence-electron chi connectivity index (χ1n) is 5.27. The van der Waals surface area contributed by atoms with Crippen molar-refractivity contribution in [3.63, 3.8) is 0 Å². The van der Waals surface area contributed by atoms with Gasteiger partial charge in [0.2, 0.25) is 11.8 Å². The van der Waals surface area contributed by atoms with Gasteiger partial charge < -0.3 is 15.4 Å². The Morgan fingerprint density at radius 2 is 2.31 bits per heavy atom.